The Bertz CT molecular complexity index is 276. The Labute approximate surface area is 106 Å². The van der Waals surface area contributed by atoms with Crippen LogP contribution in [-0.4, -0.2) is 23.0 Å². The van der Waals surface area contributed by atoms with Crippen molar-refractivity contribution >= 4 is 35.5 Å². The third kappa shape index (κ3) is 6.95. The number of hydrogen-bond donors (Lipinski definition) is 1. The lowest BCUT2D eigenvalue weighted by atomic mass is 10.5. The van der Waals surface area contributed by atoms with Crippen LogP contribution in [-0.2, 0) is 6.54 Å². The predicted molar refractivity (Wildman–Crippen MR) is 73.3 cm³/mol. The summed E-state index contributed by atoms with van der Waals surface area (Å²) in [5.41, 5.74) is 1.15. The second kappa shape index (κ2) is 9.21. The van der Waals surface area contributed by atoms with Gasteiger partial charge in [0, 0.05) is 30.0 Å². The second-order valence-corrected chi connectivity index (χ2v) is 5.11. The molecule has 0 unspecified atom stereocenters. The lowest BCUT2D eigenvalue weighted by Gasteiger charge is -2.00. The molecule has 0 saturated carbocycles. The average molecular weight is 265 g/mol. The van der Waals surface area contributed by atoms with Crippen molar-refractivity contribution in [2.45, 2.75) is 13.5 Å². The fourth-order valence-electron chi connectivity index (χ4n) is 1.02. The Morgan fingerprint density at radius 2 is 2.47 bits per heavy atom. The Morgan fingerprint density at radius 3 is 3.07 bits per heavy atom. The number of halogens is 1. The molecule has 0 saturated heterocycles. The van der Waals surface area contributed by atoms with E-state index in [1.807, 2.05) is 24.8 Å². The largest absolute Gasteiger partial charge is 0.310 e. The molecule has 5 heteroatoms. The molecule has 0 bridgehead atoms. The van der Waals surface area contributed by atoms with Gasteiger partial charge < -0.3 is 5.32 Å². The summed E-state index contributed by atoms with van der Waals surface area (Å²) in [6.45, 7) is 7.64. The molecular formula is C10H17ClN2S2. The summed E-state index contributed by atoms with van der Waals surface area (Å²) in [5.74, 6) is 2.17. The van der Waals surface area contributed by atoms with Gasteiger partial charge in [-0.05, 0) is 6.92 Å². The zero-order valence-corrected chi connectivity index (χ0v) is 11.3. The van der Waals surface area contributed by atoms with E-state index in [4.69, 9.17) is 0 Å². The molecule has 0 aliphatic heterocycles. The van der Waals surface area contributed by atoms with Gasteiger partial charge in [-0.15, -0.1) is 30.3 Å². The van der Waals surface area contributed by atoms with Gasteiger partial charge in [0.05, 0.1) is 10.7 Å². The van der Waals surface area contributed by atoms with Crippen LogP contribution in [0.1, 0.15) is 10.7 Å². The van der Waals surface area contributed by atoms with Crippen LogP contribution in [0.25, 0.3) is 0 Å². The highest BCUT2D eigenvalue weighted by Gasteiger charge is 1.96. The molecule has 0 radical (unpaired) electrons. The van der Waals surface area contributed by atoms with Crippen LogP contribution in [0.4, 0.5) is 0 Å². The monoisotopic (exact) mass is 264 g/mol. The van der Waals surface area contributed by atoms with E-state index in [1.54, 1.807) is 11.3 Å². The zero-order valence-electron chi connectivity index (χ0n) is 8.86. The second-order valence-electron chi connectivity index (χ2n) is 2.90. The minimum Gasteiger partial charge on any atom is -0.310 e. The van der Waals surface area contributed by atoms with E-state index in [9.17, 15) is 0 Å². The number of rotatable bonds is 7. The molecule has 0 aliphatic carbocycles. The highest BCUT2D eigenvalue weighted by Crippen LogP contribution is 2.07. The molecule has 1 N–H and O–H groups in total. The first kappa shape index (κ1) is 15.0. The number of nitrogens with zero attached hydrogens (tertiary/aromatic N) is 1. The molecule has 1 aromatic heterocycles. The lowest BCUT2D eigenvalue weighted by molar-refractivity contribution is 0.718. The standard InChI is InChI=1S/C10H16N2S2.ClH/c1-3-5-13-6-4-11-7-10-8-14-9(2)12-10;/h3,8,11H,1,4-7H2,2H3;1H. The van der Waals surface area contributed by atoms with Crippen LogP contribution < -0.4 is 5.32 Å². The normalized spacial score (nSPS) is 9.67. The summed E-state index contributed by atoms with van der Waals surface area (Å²) in [5, 5.41) is 6.61. The van der Waals surface area contributed by atoms with Gasteiger partial charge in [0.25, 0.3) is 0 Å². The summed E-state index contributed by atoms with van der Waals surface area (Å²) < 4.78 is 0. The Hall–Kier alpha value is -0.0300. The van der Waals surface area contributed by atoms with E-state index in [-0.39, 0.29) is 12.4 Å². The van der Waals surface area contributed by atoms with E-state index >= 15 is 0 Å². The summed E-state index contributed by atoms with van der Waals surface area (Å²) in [4.78, 5) is 4.38. The molecule has 0 amide bonds. The highest BCUT2D eigenvalue weighted by molar-refractivity contribution is 7.99. The smallest absolute Gasteiger partial charge is 0.0897 e. The first-order valence-corrected chi connectivity index (χ1v) is 6.66. The van der Waals surface area contributed by atoms with Crippen molar-refractivity contribution in [3.8, 4) is 0 Å². The van der Waals surface area contributed by atoms with Gasteiger partial charge in [0.1, 0.15) is 0 Å². The van der Waals surface area contributed by atoms with E-state index in [2.05, 4.69) is 22.3 Å². The van der Waals surface area contributed by atoms with Gasteiger partial charge in [-0.1, -0.05) is 6.08 Å². The molecule has 86 valence electrons. The zero-order chi connectivity index (χ0) is 10.2. The van der Waals surface area contributed by atoms with Gasteiger partial charge in [-0.25, -0.2) is 4.98 Å². The predicted octanol–water partition coefficient (Wildman–Crippen LogP) is 2.88. The summed E-state index contributed by atoms with van der Waals surface area (Å²) in [6, 6.07) is 0. The lowest BCUT2D eigenvalue weighted by Crippen LogP contribution is -2.16. The molecule has 1 aromatic rings. The SMILES string of the molecule is C=CCSCCNCc1csc(C)n1.Cl. The van der Waals surface area contributed by atoms with Crippen LogP contribution in [0.5, 0.6) is 0 Å². The van der Waals surface area contributed by atoms with Gasteiger partial charge in [-0.3, -0.25) is 0 Å². The van der Waals surface area contributed by atoms with Gasteiger partial charge in [0.2, 0.25) is 0 Å². The molecule has 2 nitrogen and oxygen atoms in total. The van der Waals surface area contributed by atoms with Gasteiger partial charge in [0.15, 0.2) is 0 Å². The molecule has 15 heavy (non-hydrogen) atoms. The molecular weight excluding hydrogens is 248 g/mol. The maximum Gasteiger partial charge on any atom is 0.0897 e. The van der Waals surface area contributed by atoms with Crippen LogP contribution in [0.3, 0.4) is 0 Å². The molecule has 0 spiro atoms. The number of thiazole rings is 1. The molecule has 1 rings (SSSR count). The van der Waals surface area contributed by atoms with E-state index < -0.39 is 0 Å². The van der Waals surface area contributed by atoms with Crippen LogP contribution in [0.15, 0.2) is 18.0 Å². The Balaban J connectivity index is 0.00000196. The van der Waals surface area contributed by atoms with Crippen molar-refractivity contribution in [3.63, 3.8) is 0 Å². The van der Waals surface area contributed by atoms with Crippen molar-refractivity contribution in [2.75, 3.05) is 18.1 Å². The number of aryl methyl sites for hydroxylation is 1. The third-order valence-electron chi connectivity index (χ3n) is 1.63. The van der Waals surface area contributed by atoms with Crippen LogP contribution >= 0.6 is 35.5 Å². The molecule has 1 heterocycles. The fraction of sp³-hybridized carbons (Fsp3) is 0.500. The maximum absolute atomic E-state index is 4.38. The first-order valence-electron chi connectivity index (χ1n) is 4.63. The molecule has 0 fully saturated rings. The minimum absolute atomic E-state index is 0. The molecule has 0 aliphatic rings. The van der Waals surface area contributed by atoms with E-state index in [0.29, 0.717) is 0 Å². The fourth-order valence-corrected chi connectivity index (χ4v) is 2.25. The van der Waals surface area contributed by atoms with E-state index in [0.717, 1.165) is 35.3 Å². The summed E-state index contributed by atoms with van der Waals surface area (Å²) >= 11 is 3.60. The van der Waals surface area contributed by atoms with Crippen LogP contribution in [0.2, 0.25) is 0 Å². The highest BCUT2D eigenvalue weighted by atomic mass is 35.5. The molecule has 0 aromatic carbocycles. The van der Waals surface area contributed by atoms with Crippen molar-refractivity contribution in [1.29, 1.82) is 0 Å². The first-order chi connectivity index (χ1) is 6.83. The summed E-state index contributed by atoms with van der Waals surface area (Å²) in [7, 11) is 0. The van der Waals surface area contributed by atoms with E-state index in [1.165, 1.54) is 0 Å². The average Bonchev–Trinajstić information content (AvgIpc) is 2.58. The number of nitrogens with one attached hydrogen (secondary N) is 1. The number of aromatic nitrogens is 1. The third-order valence-corrected chi connectivity index (χ3v) is 3.42. The quantitative estimate of drug-likeness (QED) is 0.606. The van der Waals surface area contributed by atoms with Crippen LogP contribution in [0, 0.1) is 6.92 Å². The molecule has 0 atom stereocenters. The number of hydrogen-bond acceptors (Lipinski definition) is 4. The van der Waals surface area contributed by atoms with Crippen molar-refractivity contribution in [2.24, 2.45) is 0 Å². The minimum atomic E-state index is 0. The van der Waals surface area contributed by atoms with Gasteiger partial charge in [-0.2, -0.15) is 11.8 Å². The van der Waals surface area contributed by atoms with Gasteiger partial charge >= 0.3 is 0 Å². The van der Waals surface area contributed by atoms with Crippen molar-refractivity contribution < 1.29 is 0 Å². The van der Waals surface area contributed by atoms with Crippen molar-refractivity contribution in [1.82, 2.24) is 10.3 Å². The summed E-state index contributed by atoms with van der Waals surface area (Å²) in [6.07, 6.45) is 1.94. The van der Waals surface area contributed by atoms with Crippen molar-refractivity contribution in [3.05, 3.63) is 28.7 Å². The number of thioether (sulfide) groups is 1. The topological polar surface area (TPSA) is 24.9 Å². The Kier molecular flexibility index (Phi) is 9.20. The Morgan fingerprint density at radius 1 is 1.67 bits per heavy atom. The maximum atomic E-state index is 4.38.